The third-order valence-electron chi connectivity index (χ3n) is 5.18. The van der Waals surface area contributed by atoms with E-state index in [1.165, 1.54) is 12.8 Å². The van der Waals surface area contributed by atoms with E-state index in [9.17, 15) is 4.79 Å². The molecule has 0 aromatic carbocycles. The molecule has 2 rings (SSSR count). The highest BCUT2D eigenvalue weighted by molar-refractivity contribution is 5.78. The second-order valence-electron chi connectivity index (χ2n) is 6.93. The van der Waals surface area contributed by atoms with Crippen molar-refractivity contribution in [3.05, 3.63) is 0 Å². The van der Waals surface area contributed by atoms with Crippen molar-refractivity contribution in [2.75, 3.05) is 20.1 Å². The van der Waals surface area contributed by atoms with Crippen LogP contribution in [-0.4, -0.2) is 54.0 Å². The lowest BCUT2D eigenvalue weighted by Gasteiger charge is -2.28. The first kappa shape index (κ1) is 15.8. The first-order valence-corrected chi connectivity index (χ1v) is 8.25. The molecule has 0 spiro atoms. The molecule has 2 N–H and O–H groups in total. The predicted octanol–water partition coefficient (Wildman–Crippen LogP) is 1.84. The summed E-state index contributed by atoms with van der Waals surface area (Å²) in [7, 11) is 2.22. The molecule has 2 heterocycles. The lowest BCUT2D eigenvalue weighted by molar-refractivity contribution is -0.135. The molecule has 4 unspecified atom stereocenters. The predicted molar refractivity (Wildman–Crippen MR) is 82.4 cm³/mol. The molecule has 20 heavy (non-hydrogen) atoms. The van der Waals surface area contributed by atoms with Crippen LogP contribution in [0.3, 0.4) is 0 Å². The monoisotopic (exact) mass is 281 g/mol. The van der Waals surface area contributed by atoms with Crippen LogP contribution in [0.2, 0.25) is 0 Å². The summed E-state index contributed by atoms with van der Waals surface area (Å²) in [5.74, 6) is 0.506. The Labute approximate surface area is 123 Å². The van der Waals surface area contributed by atoms with Crippen LogP contribution >= 0.6 is 0 Å². The number of likely N-dealkylation sites (N-methyl/N-ethyl adjacent to an activating group) is 1. The van der Waals surface area contributed by atoms with E-state index in [1.807, 2.05) is 6.92 Å². The smallest absolute Gasteiger partial charge is 0.225 e. The van der Waals surface area contributed by atoms with E-state index < -0.39 is 0 Å². The molecule has 2 saturated heterocycles. The summed E-state index contributed by atoms with van der Waals surface area (Å²) in [4.78, 5) is 17.2. The molecule has 0 radical (unpaired) electrons. The van der Waals surface area contributed by atoms with Gasteiger partial charge in [-0.15, -0.1) is 0 Å². The van der Waals surface area contributed by atoms with E-state index in [1.54, 1.807) is 0 Å². The number of carbonyl (C=O) groups excluding carboxylic acids is 1. The van der Waals surface area contributed by atoms with Gasteiger partial charge in [0.1, 0.15) is 0 Å². The van der Waals surface area contributed by atoms with Crippen molar-refractivity contribution in [3.8, 4) is 0 Å². The van der Waals surface area contributed by atoms with Gasteiger partial charge in [0, 0.05) is 37.1 Å². The molecule has 0 aromatic heterocycles. The SMILES string of the molecule is CC(N)CCCC(C)C(=O)N1CCC2CCC(C1)N2C. The Morgan fingerprint density at radius 1 is 1.20 bits per heavy atom. The second-order valence-corrected chi connectivity index (χ2v) is 6.93. The van der Waals surface area contributed by atoms with Crippen LogP contribution < -0.4 is 5.73 Å². The fourth-order valence-corrected chi connectivity index (χ4v) is 3.69. The minimum absolute atomic E-state index is 0.149. The van der Waals surface area contributed by atoms with Crippen LogP contribution in [0.1, 0.15) is 52.4 Å². The molecule has 4 nitrogen and oxygen atoms in total. The first-order valence-electron chi connectivity index (χ1n) is 8.25. The number of nitrogens with zero attached hydrogens (tertiary/aromatic N) is 2. The Kier molecular flexibility index (Phi) is 5.44. The zero-order chi connectivity index (χ0) is 14.7. The van der Waals surface area contributed by atoms with Crippen LogP contribution in [0, 0.1) is 5.92 Å². The largest absolute Gasteiger partial charge is 0.341 e. The van der Waals surface area contributed by atoms with Crippen LogP contribution in [0.5, 0.6) is 0 Å². The highest BCUT2D eigenvalue weighted by atomic mass is 16.2. The molecule has 116 valence electrons. The Morgan fingerprint density at radius 2 is 1.90 bits per heavy atom. The van der Waals surface area contributed by atoms with Crippen LogP contribution in [-0.2, 0) is 4.79 Å². The number of nitrogens with two attached hydrogens (primary N) is 1. The Balaban J connectivity index is 1.83. The molecule has 0 saturated carbocycles. The van der Waals surface area contributed by atoms with Crippen molar-refractivity contribution < 1.29 is 4.79 Å². The number of likely N-dealkylation sites (tertiary alicyclic amines) is 1. The minimum Gasteiger partial charge on any atom is -0.341 e. The normalized spacial score (nSPS) is 30.1. The van der Waals surface area contributed by atoms with Crippen LogP contribution in [0.15, 0.2) is 0 Å². The fourth-order valence-electron chi connectivity index (χ4n) is 3.69. The molecule has 1 amide bonds. The van der Waals surface area contributed by atoms with E-state index >= 15 is 0 Å². The van der Waals surface area contributed by atoms with Gasteiger partial charge in [-0.05, 0) is 46.1 Å². The van der Waals surface area contributed by atoms with Crippen molar-refractivity contribution in [3.63, 3.8) is 0 Å². The zero-order valence-corrected chi connectivity index (χ0v) is 13.3. The van der Waals surface area contributed by atoms with Gasteiger partial charge in [-0.3, -0.25) is 9.69 Å². The van der Waals surface area contributed by atoms with Crippen LogP contribution in [0.25, 0.3) is 0 Å². The standard InChI is InChI=1S/C16H31N3O/c1-12(5-4-6-13(2)17)16(20)19-10-9-14-7-8-15(11-19)18(14)3/h12-15H,4-11,17H2,1-3H3. The number of hydrogen-bond acceptors (Lipinski definition) is 3. The lowest BCUT2D eigenvalue weighted by atomic mass is 9.99. The van der Waals surface area contributed by atoms with Gasteiger partial charge in [0.15, 0.2) is 0 Å². The summed E-state index contributed by atoms with van der Waals surface area (Å²) in [6.07, 6.45) is 6.76. The summed E-state index contributed by atoms with van der Waals surface area (Å²) in [6.45, 7) is 6.00. The third kappa shape index (κ3) is 3.73. The summed E-state index contributed by atoms with van der Waals surface area (Å²) in [5.41, 5.74) is 5.77. The molecule has 2 aliphatic rings. The van der Waals surface area contributed by atoms with Crippen LogP contribution in [0.4, 0.5) is 0 Å². The summed E-state index contributed by atoms with van der Waals surface area (Å²) in [6, 6.07) is 1.54. The maximum atomic E-state index is 12.6. The van der Waals surface area contributed by atoms with Crippen molar-refractivity contribution in [2.45, 2.75) is 70.5 Å². The minimum atomic E-state index is 0.149. The molecule has 2 aliphatic heterocycles. The summed E-state index contributed by atoms with van der Waals surface area (Å²) in [5, 5.41) is 0. The van der Waals surface area contributed by atoms with Crippen molar-refractivity contribution in [1.29, 1.82) is 0 Å². The maximum Gasteiger partial charge on any atom is 0.225 e. The number of fused-ring (bicyclic) bond motifs is 2. The van der Waals surface area contributed by atoms with Gasteiger partial charge in [-0.1, -0.05) is 13.3 Å². The second kappa shape index (κ2) is 6.90. The van der Waals surface area contributed by atoms with E-state index in [-0.39, 0.29) is 12.0 Å². The number of carbonyl (C=O) groups is 1. The lowest BCUT2D eigenvalue weighted by Crippen LogP contribution is -2.41. The third-order valence-corrected chi connectivity index (χ3v) is 5.18. The molecule has 0 aromatic rings. The molecule has 2 fully saturated rings. The molecule has 0 aliphatic carbocycles. The Hall–Kier alpha value is -0.610. The van der Waals surface area contributed by atoms with Gasteiger partial charge >= 0.3 is 0 Å². The average Bonchev–Trinajstić information content (AvgIpc) is 2.62. The number of rotatable bonds is 5. The number of hydrogen-bond donors (Lipinski definition) is 1. The van der Waals surface area contributed by atoms with Crippen molar-refractivity contribution in [2.24, 2.45) is 11.7 Å². The Bertz CT molecular complexity index is 332. The Morgan fingerprint density at radius 3 is 2.60 bits per heavy atom. The topological polar surface area (TPSA) is 49.6 Å². The van der Waals surface area contributed by atoms with E-state index in [4.69, 9.17) is 5.73 Å². The quantitative estimate of drug-likeness (QED) is 0.836. The molecular weight excluding hydrogens is 250 g/mol. The van der Waals surface area contributed by atoms with Crippen molar-refractivity contribution >= 4 is 5.91 Å². The average molecular weight is 281 g/mol. The first-order chi connectivity index (χ1) is 9.49. The summed E-state index contributed by atoms with van der Waals surface area (Å²) < 4.78 is 0. The van der Waals surface area contributed by atoms with E-state index in [0.29, 0.717) is 18.0 Å². The van der Waals surface area contributed by atoms with Gasteiger partial charge in [-0.2, -0.15) is 0 Å². The molecular formula is C16H31N3O. The molecule has 2 bridgehead atoms. The maximum absolute atomic E-state index is 12.6. The van der Waals surface area contributed by atoms with E-state index in [2.05, 4.69) is 23.8 Å². The van der Waals surface area contributed by atoms with Gasteiger partial charge in [-0.25, -0.2) is 0 Å². The van der Waals surface area contributed by atoms with Gasteiger partial charge < -0.3 is 10.6 Å². The number of amides is 1. The van der Waals surface area contributed by atoms with E-state index in [0.717, 1.165) is 38.8 Å². The van der Waals surface area contributed by atoms with Gasteiger partial charge in [0.05, 0.1) is 0 Å². The zero-order valence-electron chi connectivity index (χ0n) is 13.3. The van der Waals surface area contributed by atoms with Gasteiger partial charge in [0.2, 0.25) is 5.91 Å². The van der Waals surface area contributed by atoms with Crippen molar-refractivity contribution in [1.82, 2.24) is 9.80 Å². The highest BCUT2D eigenvalue weighted by Crippen LogP contribution is 2.29. The van der Waals surface area contributed by atoms with Gasteiger partial charge in [0.25, 0.3) is 0 Å². The fraction of sp³-hybridized carbons (Fsp3) is 0.938. The summed E-state index contributed by atoms with van der Waals surface area (Å²) >= 11 is 0. The molecule has 4 atom stereocenters. The molecule has 4 heteroatoms. The highest BCUT2D eigenvalue weighted by Gasteiger charge is 2.36.